The molecule has 1 aliphatic rings. The molecule has 2 N–H and O–H groups in total. The van der Waals surface area contributed by atoms with E-state index in [1.807, 2.05) is 41.3 Å². The topological polar surface area (TPSA) is 82.1 Å². The van der Waals surface area contributed by atoms with Gasteiger partial charge < -0.3 is 20.1 Å². The van der Waals surface area contributed by atoms with Crippen LogP contribution in [-0.4, -0.2) is 72.8 Å². The highest BCUT2D eigenvalue weighted by molar-refractivity contribution is 5.93. The Kier molecular flexibility index (Phi) is 9.08. The highest BCUT2D eigenvalue weighted by Gasteiger charge is 2.21. The third kappa shape index (κ3) is 7.16. The quantitative estimate of drug-likeness (QED) is 0.430. The number of amides is 2. The molecule has 7 nitrogen and oxygen atoms in total. The van der Waals surface area contributed by atoms with Gasteiger partial charge in [-0.15, -0.1) is 0 Å². The first kappa shape index (κ1) is 25.4. The van der Waals surface area contributed by atoms with E-state index in [0.717, 1.165) is 26.1 Å². The fraction of sp³-hybridized carbons (Fsp3) is 0.310. The summed E-state index contributed by atoms with van der Waals surface area (Å²) in [6, 6.07) is 26.8. The SMILES string of the molecule is O=C(O)c1cccc(NC(=O)N(CCC(c2ccccc2)c2ccccc2)CCN2CCOCC2)c1. The van der Waals surface area contributed by atoms with Crippen molar-refractivity contribution in [2.75, 3.05) is 51.3 Å². The number of rotatable bonds is 10. The summed E-state index contributed by atoms with van der Waals surface area (Å²) in [6.07, 6.45) is 0.764. The van der Waals surface area contributed by atoms with E-state index in [1.54, 1.807) is 12.1 Å². The molecule has 0 spiro atoms. The molecule has 0 saturated carbocycles. The summed E-state index contributed by atoms with van der Waals surface area (Å²) < 4.78 is 5.46. The molecule has 0 atom stereocenters. The molecule has 36 heavy (non-hydrogen) atoms. The molecule has 0 bridgehead atoms. The third-order valence-corrected chi connectivity index (χ3v) is 6.53. The van der Waals surface area contributed by atoms with Gasteiger partial charge in [0, 0.05) is 44.3 Å². The van der Waals surface area contributed by atoms with Gasteiger partial charge in [0.1, 0.15) is 0 Å². The first-order valence-electron chi connectivity index (χ1n) is 12.4. The highest BCUT2D eigenvalue weighted by atomic mass is 16.5. The van der Waals surface area contributed by atoms with Crippen molar-refractivity contribution >= 4 is 17.7 Å². The Morgan fingerprint density at radius 3 is 2.14 bits per heavy atom. The van der Waals surface area contributed by atoms with Crippen molar-refractivity contribution in [1.82, 2.24) is 9.80 Å². The molecule has 0 unspecified atom stereocenters. The summed E-state index contributed by atoms with van der Waals surface area (Å²) in [5.74, 6) is -0.870. The molecule has 4 rings (SSSR count). The molecule has 3 aromatic rings. The maximum atomic E-state index is 13.4. The monoisotopic (exact) mass is 487 g/mol. The lowest BCUT2D eigenvalue weighted by molar-refractivity contribution is 0.0351. The molecule has 1 saturated heterocycles. The average molecular weight is 488 g/mol. The van der Waals surface area contributed by atoms with E-state index in [-0.39, 0.29) is 17.5 Å². The Hall–Kier alpha value is -3.68. The Labute approximate surface area is 212 Å². The number of hydrogen-bond acceptors (Lipinski definition) is 4. The van der Waals surface area contributed by atoms with Gasteiger partial charge in [0.05, 0.1) is 18.8 Å². The molecule has 0 radical (unpaired) electrons. The number of carbonyl (C=O) groups excluding carboxylic acids is 1. The Morgan fingerprint density at radius 2 is 1.53 bits per heavy atom. The van der Waals surface area contributed by atoms with Crippen molar-refractivity contribution in [3.63, 3.8) is 0 Å². The summed E-state index contributed by atoms with van der Waals surface area (Å²) in [5, 5.41) is 12.2. The van der Waals surface area contributed by atoms with Gasteiger partial charge >= 0.3 is 12.0 Å². The van der Waals surface area contributed by atoms with Crippen LogP contribution >= 0.6 is 0 Å². The molecule has 3 aromatic carbocycles. The Balaban J connectivity index is 1.50. The van der Waals surface area contributed by atoms with Crippen molar-refractivity contribution in [2.45, 2.75) is 12.3 Å². The van der Waals surface area contributed by atoms with Crippen LogP contribution in [0.25, 0.3) is 0 Å². The van der Waals surface area contributed by atoms with Crippen LogP contribution in [-0.2, 0) is 4.74 Å². The van der Waals surface area contributed by atoms with Crippen LogP contribution in [0.5, 0.6) is 0 Å². The van der Waals surface area contributed by atoms with Crippen LogP contribution in [0.3, 0.4) is 0 Å². The smallest absolute Gasteiger partial charge is 0.335 e. The summed E-state index contributed by atoms with van der Waals surface area (Å²) in [6.45, 7) is 5.01. The molecule has 1 fully saturated rings. The zero-order valence-corrected chi connectivity index (χ0v) is 20.4. The van der Waals surface area contributed by atoms with Gasteiger partial charge in [-0.1, -0.05) is 66.7 Å². The number of benzene rings is 3. The second kappa shape index (κ2) is 12.9. The van der Waals surface area contributed by atoms with Crippen LogP contribution in [0.2, 0.25) is 0 Å². The van der Waals surface area contributed by atoms with E-state index >= 15 is 0 Å². The van der Waals surface area contributed by atoms with Gasteiger partial charge in [0.15, 0.2) is 0 Å². The highest BCUT2D eigenvalue weighted by Crippen LogP contribution is 2.28. The van der Waals surface area contributed by atoms with Gasteiger partial charge in [-0.05, 0) is 35.7 Å². The van der Waals surface area contributed by atoms with E-state index in [0.29, 0.717) is 32.0 Å². The standard InChI is InChI=1S/C29H33N3O4/c33-28(34)25-12-7-13-26(22-25)30-29(35)32(17-16-31-18-20-36-21-19-31)15-14-27(23-8-3-1-4-9-23)24-10-5-2-6-11-24/h1-13,22,27H,14-21H2,(H,30,35)(H,33,34). The van der Waals surface area contributed by atoms with Crippen LogP contribution in [0.15, 0.2) is 84.9 Å². The van der Waals surface area contributed by atoms with E-state index in [1.165, 1.54) is 23.3 Å². The fourth-order valence-corrected chi connectivity index (χ4v) is 4.52. The molecule has 1 aliphatic heterocycles. The van der Waals surface area contributed by atoms with Crippen molar-refractivity contribution in [3.8, 4) is 0 Å². The summed E-state index contributed by atoms with van der Waals surface area (Å²) in [5.41, 5.74) is 3.04. The molecule has 0 aromatic heterocycles. The van der Waals surface area contributed by atoms with Crippen molar-refractivity contribution < 1.29 is 19.4 Å². The number of anilines is 1. The van der Waals surface area contributed by atoms with E-state index < -0.39 is 5.97 Å². The Morgan fingerprint density at radius 1 is 0.889 bits per heavy atom. The molecule has 7 heteroatoms. The maximum absolute atomic E-state index is 13.4. The van der Waals surface area contributed by atoms with Crippen LogP contribution < -0.4 is 5.32 Å². The van der Waals surface area contributed by atoms with Crippen molar-refractivity contribution in [3.05, 3.63) is 102 Å². The van der Waals surface area contributed by atoms with Gasteiger partial charge in [-0.25, -0.2) is 9.59 Å². The average Bonchev–Trinajstić information content (AvgIpc) is 2.92. The summed E-state index contributed by atoms with van der Waals surface area (Å²) in [7, 11) is 0. The number of urea groups is 1. The molecule has 1 heterocycles. The van der Waals surface area contributed by atoms with Crippen LogP contribution in [0.1, 0.15) is 33.8 Å². The minimum Gasteiger partial charge on any atom is -0.478 e. The van der Waals surface area contributed by atoms with Crippen molar-refractivity contribution in [1.29, 1.82) is 0 Å². The Bertz CT molecular complexity index is 1080. The van der Waals surface area contributed by atoms with Crippen LogP contribution in [0, 0.1) is 0 Å². The summed E-state index contributed by atoms with van der Waals surface area (Å²) >= 11 is 0. The van der Waals surface area contributed by atoms with Gasteiger partial charge in [-0.2, -0.15) is 0 Å². The number of nitrogens with zero attached hydrogens (tertiary/aromatic N) is 2. The van der Waals surface area contributed by atoms with Gasteiger partial charge in [0.2, 0.25) is 0 Å². The number of morpholine rings is 1. The second-order valence-corrected chi connectivity index (χ2v) is 8.92. The summed E-state index contributed by atoms with van der Waals surface area (Å²) in [4.78, 5) is 28.9. The van der Waals surface area contributed by atoms with E-state index in [2.05, 4.69) is 34.5 Å². The lowest BCUT2D eigenvalue weighted by Crippen LogP contribution is -2.44. The first-order valence-corrected chi connectivity index (χ1v) is 12.4. The molecular formula is C29H33N3O4. The minimum absolute atomic E-state index is 0.140. The molecule has 188 valence electrons. The van der Waals surface area contributed by atoms with E-state index in [9.17, 15) is 14.7 Å². The normalized spacial score (nSPS) is 13.9. The first-order chi connectivity index (χ1) is 17.6. The van der Waals surface area contributed by atoms with E-state index in [4.69, 9.17) is 4.74 Å². The molecule has 2 amide bonds. The zero-order valence-electron chi connectivity index (χ0n) is 20.4. The number of ether oxygens (including phenoxy) is 1. The lowest BCUT2D eigenvalue weighted by Gasteiger charge is -2.31. The predicted octanol–water partition coefficient (Wildman–Crippen LogP) is 4.77. The van der Waals surface area contributed by atoms with Crippen LogP contribution in [0.4, 0.5) is 10.5 Å². The second-order valence-electron chi connectivity index (χ2n) is 8.92. The van der Waals surface area contributed by atoms with Gasteiger partial charge in [0.25, 0.3) is 0 Å². The lowest BCUT2D eigenvalue weighted by atomic mass is 9.88. The number of hydrogen-bond donors (Lipinski definition) is 2. The van der Waals surface area contributed by atoms with Crippen molar-refractivity contribution in [2.24, 2.45) is 0 Å². The van der Waals surface area contributed by atoms with Gasteiger partial charge in [-0.3, -0.25) is 4.90 Å². The maximum Gasteiger partial charge on any atom is 0.335 e. The number of carboxylic acid groups (broad SMARTS) is 1. The number of aromatic carboxylic acids is 1. The fourth-order valence-electron chi connectivity index (χ4n) is 4.52. The third-order valence-electron chi connectivity index (χ3n) is 6.53. The number of carboxylic acids is 1. The number of nitrogens with one attached hydrogen (secondary N) is 1. The predicted molar refractivity (Wildman–Crippen MR) is 141 cm³/mol. The number of carbonyl (C=O) groups is 2. The minimum atomic E-state index is -1.02. The molecule has 0 aliphatic carbocycles. The molecular weight excluding hydrogens is 454 g/mol. The zero-order chi connectivity index (χ0) is 25.2. The largest absolute Gasteiger partial charge is 0.478 e.